The van der Waals surface area contributed by atoms with Crippen molar-refractivity contribution < 1.29 is 4.42 Å². The molecule has 0 saturated heterocycles. The molecular weight excluding hydrogens is 613 g/mol. The van der Waals surface area contributed by atoms with Crippen molar-refractivity contribution in [3.8, 4) is 28.7 Å². The predicted octanol–water partition coefficient (Wildman–Crippen LogP) is 11.7. The van der Waals surface area contributed by atoms with Crippen LogP contribution in [0.4, 0.5) is 0 Å². The van der Waals surface area contributed by atoms with Gasteiger partial charge in [0.05, 0.1) is 11.0 Å². The van der Waals surface area contributed by atoms with Crippen LogP contribution in [0.3, 0.4) is 0 Å². The number of furan rings is 1. The van der Waals surface area contributed by atoms with Gasteiger partial charge in [-0.3, -0.25) is 4.57 Å². The lowest BCUT2D eigenvalue weighted by molar-refractivity contribution is 0.669. The summed E-state index contributed by atoms with van der Waals surface area (Å²) >= 11 is 0. The number of fused-ring (bicyclic) bond motifs is 13. The number of hydrogen-bond acceptors (Lipinski definition) is 4. The van der Waals surface area contributed by atoms with Crippen molar-refractivity contribution in [2.75, 3.05) is 0 Å². The molecule has 0 aliphatic heterocycles. The number of rotatable bonds is 3. The zero-order chi connectivity index (χ0) is 32.8. The highest BCUT2D eigenvalue weighted by Gasteiger charge is 2.22. The zero-order valence-electron chi connectivity index (χ0n) is 26.7. The predicted molar refractivity (Wildman–Crippen MR) is 205 cm³/mol. The van der Waals surface area contributed by atoms with Crippen molar-refractivity contribution in [2.45, 2.75) is 0 Å². The quantitative estimate of drug-likeness (QED) is 0.181. The van der Waals surface area contributed by atoms with Gasteiger partial charge in [0.15, 0.2) is 11.6 Å². The topological polar surface area (TPSA) is 56.7 Å². The number of aromatic nitrogens is 4. The number of nitrogens with zero attached hydrogens (tertiary/aromatic N) is 4. The van der Waals surface area contributed by atoms with E-state index in [4.69, 9.17) is 19.4 Å². The third-order valence-electron chi connectivity index (χ3n) is 10.0. The standard InChI is InChI=1S/C45H26N4O/c1-2-12-27(13-3-1)43-46-44(29-22-24-30-28(26-29)23-25-39-40(30)36-19-9-11-21-38(36)50-39)48-45(47-43)49-37-20-10-8-18-35(37)41-33-16-6-4-14-31(33)32-15-5-7-17-34(32)42(41)49/h1-26H. The van der Waals surface area contributed by atoms with E-state index in [1.165, 1.54) is 21.5 Å². The maximum Gasteiger partial charge on any atom is 0.238 e. The van der Waals surface area contributed by atoms with E-state index >= 15 is 0 Å². The maximum atomic E-state index is 6.19. The van der Waals surface area contributed by atoms with Crippen molar-refractivity contribution >= 4 is 76.1 Å². The van der Waals surface area contributed by atoms with Crippen LogP contribution in [0.5, 0.6) is 0 Å². The van der Waals surface area contributed by atoms with Crippen LogP contribution in [-0.4, -0.2) is 19.5 Å². The molecule has 11 aromatic rings. The maximum absolute atomic E-state index is 6.19. The molecule has 0 aliphatic carbocycles. The molecule has 0 N–H and O–H groups in total. The third-order valence-corrected chi connectivity index (χ3v) is 10.0. The summed E-state index contributed by atoms with van der Waals surface area (Å²) in [7, 11) is 0. The third kappa shape index (κ3) is 3.86. The molecule has 0 spiro atoms. The monoisotopic (exact) mass is 638 g/mol. The molecule has 232 valence electrons. The van der Waals surface area contributed by atoms with Crippen LogP contribution in [-0.2, 0) is 0 Å². The normalized spacial score (nSPS) is 12.0. The van der Waals surface area contributed by atoms with Crippen molar-refractivity contribution in [1.29, 1.82) is 0 Å². The Morgan fingerprint density at radius 3 is 1.86 bits per heavy atom. The van der Waals surface area contributed by atoms with Gasteiger partial charge in [-0.25, -0.2) is 4.98 Å². The molecule has 11 rings (SSSR count). The molecule has 50 heavy (non-hydrogen) atoms. The molecule has 0 bridgehead atoms. The van der Waals surface area contributed by atoms with Crippen LogP contribution >= 0.6 is 0 Å². The van der Waals surface area contributed by atoms with E-state index < -0.39 is 0 Å². The Morgan fingerprint density at radius 2 is 1.04 bits per heavy atom. The molecule has 3 aromatic heterocycles. The lowest BCUT2D eigenvalue weighted by Gasteiger charge is -2.13. The van der Waals surface area contributed by atoms with Gasteiger partial charge in [0, 0.05) is 38.1 Å². The second kappa shape index (κ2) is 10.3. The minimum atomic E-state index is 0.580. The van der Waals surface area contributed by atoms with Gasteiger partial charge in [-0.1, -0.05) is 133 Å². The summed E-state index contributed by atoms with van der Waals surface area (Å²) in [5.74, 6) is 1.82. The SMILES string of the molecule is c1ccc(-c2nc(-c3ccc4c(ccc5oc6ccccc6c54)c3)nc(-n3c4ccccc4c4c5ccccc5c5ccccc5c43)n2)cc1. The van der Waals surface area contributed by atoms with Gasteiger partial charge in [-0.2, -0.15) is 9.97 Å². The second-order valence-electron chi connectivity index (χ2n) is 12.8. The van der Waals surface area contributed by atoms with Crippen LogP contribution < -0.4 is 0 Å². The average Bonchev–Trinajstić information content (AvgIpc) is 3.75. The first-order valence-corrected chi connectivity index (χ1v) is 16.8. The van der Waals surface area contributed by atoms with E-state index in [9.17, 15) is 0 Å². The van der Waals surface area contributed by atoms with Crippen LogP contribution in [0, 0.1) is 0 Å². The Hall–Kier alpha value is -6.85. The summed E-state index contributed by atoms with van der Waals surface area (Å²) < 4.78 is 8.42. The number of benzene rings is 8. The van der Waals surface area contributed by atoms with Gasteiger partial charge >= 0.3 is 0 Å². The molecule has 3 heterocycles. The highest BCUT2D eigenvalue weighted by Crippen LogP contribution is 2.42. The highest BCUT2D eigenvalue weighted by molar-refractivity contribution is 6.32. The van der Waals surface area contributed by atoms with E-state index in [1.54, 1.807) is 0 Å². The lowest BCUT2D eigenvalue weighted by Crippen LogP contribution is -2.06. The van der Waals surface area contributed by atoms with Crippen molar-refractivity contribution in [3.05, 3.63) is 158 Å². The van der Waals surface area contributed by atoms with Crippen LogP contribution in [0.25, 0.3) is 105 Å². The smallest absolute Gasteiger partial charge is 0.238 e. The molecule has 0 aliphatic rings. The fourth-order valence-corrected chi connectivity index (χ4v) is 7.84. The summed E-state index contributed by atoms with van der Waals surface area (Å²) in [4.78, 5) is 15.6. The second-order valence-corrected chi connectivity index (χ2v) is 12.8. The van der Waals surface area contributed by atoms with Crippen LogP contribution in [0.1, 0.15) is 0 Å². The van der Waals surface area contributed by atoms with E-state index in [0.29, 0.717) is 17.6 Å². The zero-order valence-corrected chi connectivity index (χ0v) is 26.7. The van der Waals surface area contributed by atoms with E-state index in [2.05, 4.69) is 132 Å². The average molecular weight is 639 g/mol. The Labute approximate surface area is 285 Å². The molecule has 0 saturated carbocycles. The Kier molecular flexibility index (Phi) is 5.60. The Bertz CT molecular complexity index is 3160. The molecule has 0 amide bonds. The first-order chi connectivity index (χ1) is 24.8. The van der Waals surface area contributed by atoms with Gasteiger partial charge in [-0.15, -0.1) is 0 Å². The summed E-state index contributed by atoms with van der Waals surface area (Å²) in [5, 5.41) is 11.6. The molecule has 0 radical (unpaired) electrons. The Balaban J connectivity index is 1.23. The first-order valence-electron chi connectivity index (χ1n) is 16.8. The highest BCUT2D eigenvalue weighted by atomic mass is 16.3. The first kappa shape index (κ1) is 27.1. The molecule has 5 heteroatoms. The summed E-state index contributed by atoms with van der Waals surface area (Å²) in [6.07, 6.45) is 0. The minimum absolute atomic E-state index is 0.580. The fraction of sp³-hybridized carbons (Fsp3) is 0. The number of hydrogen-bond donors (Lipinski definition) is 0. The van der Waals surface area contributed by atoms with Crippen molar-refractivity contribution in [3.63, 3.8) is 0 Å². The largest absolute Gasteiger partial charge is 0.456 e. The lowest BCUT2D eigenvalue weighted by atomic mass is 9.97. The van der Waals surface area contributed by atoms with Gasteiger partial charge < -0.3 is 4.42 Å². The molecule has 8 aromatic carbocycles. The van der Waals surface area contributed by atoms with E-state index in [-0.39, 0.29) is 0 Å². The fourth-order valence-electron chi connectivity index (χ4n) is 7.84. The summed E-state index contributed by atoms with van der Waals surface area (Å²) in [6, 6.07) is 54.9. The number of para-hydroxylation sites is 2. The van der Waals surface area contributed by atoms with Gasteiger partial charge in [0.2, 0.25) is 5.95 Å². The van der Waals surface area contributed by atoms with Crippen LogP contribution in [0.2, 0.25) is 0 Å². The van der Waals surface area contributed by atoms with E-state index in [0.717, 1.165) is 65.6 Å². The molecular formula is C45H26N4O. The van der Waals surface area contributed by atoms with Crippen LogP contribution in [0.15, 0.2) is 162 Å². The van der Waals surface area contributed by atoms with Gasteiger partial charge in [0.25, 0.3) is 0 Å². The summed E-state index contributed by atoms with van der Waals surface area (Å²) in [6.45, 7) is 0. The van der Waals surface area contributed by atoms with Gasteiger partial charge in [-0.05, 0) is 51.2 Å². The minimum Gasteiger partial charge on any atom is -0.456 e. The van der Waals surface area contributed by atoms with Crippen molar-refractivity contribution in [1.82, 2.24) is 19.5 Å². The van der Waals surface area contributed by atoms with Gasteiger partial charge in [0.1, 0.15) is 11.2 Å². The van der Waals surface area contributed by atoms with Crippen molar-refractivity contribution in [2.24, 2.45) is 0 Å². The molecule has 5 nitrogen and oxygen atoms in total. The Morgan fingerprint density at radius 1 is 0.400 bits per heavy atom. The molecule has 0 atom stereocenters. The summed E-state index contributed by atoms with van der Waals surface area (Å²) in [5.41, 5.74) is 5.76. The molecule has 0 unspecified atom stereocenters. The van der Waals surface area contributed by atoms with E-state index in [1.807, 2.05) is 30.3 Å². The molecule has 0 fully saturated rings.